The number of hydrogen-bond acceptors (Lipinski definition) is 5. The van der Waals surface area contributed by atoms with Crippen LogP contribution in [-0.4, -0.2) is 21.1 Å². The predicted octanol–water partition coefficient (Wildman–Crippen LogP) is 4.87. The van der Waals surface area contributed by atoms with Gasteiger partial charge in [-0.25, -0.2) is 14.4 Å². The molecule has 1 aromatic carbocycles. The first-order valence-electron chi connectivity index (χ1n) is 7.82. The smallest absolute Gasteiger partial charge is 0.237 e. The topological polar surface area (TPSA) is 54.9 Å². The number of carbonyl (C=O) groups excluding carboxylic acids is 1. The maximum atomic E-state index is 13.3. The van der Waals surface area contributed by atoms with E-state index >= 15 is 0 Å². The largest absolute Gasteiger partial charge is 0.325 e. The summed E-state index contributed by atoms with van der Waals surface area (Å²) in [7, 11) is 0. The number of nitrogens with zero attached hydrogens (tertiary/aromatic N) is 2. The zero-order chi connectivity index (χ0) is 18.1. The molecule has 0 fully saturated rings. The van der Waals surface area contributed by atoms with Crippen LogP contribution >= 0.6 is 23.1 Å². The number of rotatable bonds is 4. The molecule has 4 nitrogen and oxygen atoms in total. The molecule has 1 unspecified atom stereocenters. The first-order valence-corrected chi connectivity index (χ1v) is 9.52. The number of nitrogens with one attached hydrogen (secondary N) is 1. The van der Waals surface area contributed by atoms with Crippen LogP contribution < -0.4 is 5.32 Å². The molecule has 1 atom stereocenters. The average Bonchev–Trinajstić information content (AvgIpc) is 2.81. The van der Waals surface area contributed by atoms with E-state index < -0.39 is 0 Å². The summed E-state index contributed by atoms with van der Waals surface area (Å²) >= 11 is 3.04. The van der Waals surface area contributed by atoms with Gasteiger partial charge >= 0.3 is 0 Å². The molecule has 0 aliphatic rings. The van der Waals surface area contributed by atoms with Gasteiger partial charge in [-0.15, -0.1) is 11.3 Å². The summed E-state index contributed by atoms with van der Waals surface area (Å²) in [5.74, 6) is 0.120. The summed E-state index contributed by atoms with van der Waals surface area (Å²) in [6, 6.07) is 5.87. The van der Waals surface area contributed by atoms with Crippen molar-refractivity contribution in [2.24, 2.45) is 0 Å². The number of halogens is 1. The van der Waals surface area contributed by atoms with Gasteiger partial charge in [0.1, 0.15) is 21.5 Å². The van der Waals surface area contributed by atoms with Gasteiger partial charge in [0, 0.05) is 16.0 Å². The predicted molar refractivity (Wildman–Crippen MR) is 102 cm³/mol. The Morgan fingerprint density at radius 1 is 1.28 bits per heavy atom. The van der Waals surface area contributed by atoms with E-state index in [0.717, 1.165) is 20.8 Å². The SMILES string of the molecule is Cc1nc(SC(C)C(=O)Nc2cccc(F)c2)c2c(C)c(C)sc2n1. The number of thioether (sulfide) groups is 1. The number of aromatic nitrogens is 2. The molecule has 3 aromatic rings. The quantitative estimate of drug-likeness (QED) is 0.522. The lowest BCUT2D eigenvalue weighted by Gasteiger charge is -2.13. The number of benzene rings is 1. The van der Waals surface area contributed by atoms with Gasteiger partial charge in [-0.1, -0.05) is 17.8 Å². The van der Waals surface area contributed by atoms with E-state index in [9.17, 15) is 9.18 Å². The van der Waals surface area contributed by atoms with Crippen LogP contribution in [0.3, 0.4) is 0 Å². The van der Waals surface area contributed by atoms with Gasteiger partial charge in [0.15, 0.2) is 0 Å². The molecule has 0 saturated heterocycles. The number of anilines is 1. The standard InChI is InChI=1S/C18H18FN3OS2/c1-9-10(2)24-17-15(9)18(21-12(4)20-17)25-11(3)16(23)22-14-7-5-6-13(19)8-14/h5-8,11H,1-4H3,(H,22,23). The van der Waals surface area contributed by atoms with E-state index in [4.69, 9.17) is 0 Å². The molecular weight excluding hydrogens is 357 g/mol. The van der Waals surface area contributed by atoms with Gasteiger partial charge < -0.3 is 5.32 Å². The molecule has 1 amide bonds. The summed E-state index contributed by atoms with van der Waals surface area (Å²) in [5.41, 5.74) is 1.60. The summed E-state index contributed by atoms with van der Waals surface area (Å²) in [6.45, 7) is 7.78. The Kier molecular flexibility index (Phi) is 5.06. The molecule has 0 saturated carbocycles. The first kappa shape index (κ1) is 17.8. The second-order valence-electron chi connectivity index (χ2n) is 5.80. The van der Waals surface area contributed by atoms with E-state index in [0.29, 0.717) is 11.5 Å². The fourth-order valence-corrected chi connectivity index (χ4v) is 4.62. The van der Waals surface area contributed by atoms with Gasteiger partial charge in [-0.05, 0) is 51.5 Å². The highest BCUT2D eigenvalue weighted by molar-refractivity contribution is 8.00. The normalized spacial score (nSPS) is 12.4. The Hall–Kier alpha value is -1.99. The number of hydrogen-bond donors (Lipinski definition) is 1. The van der Waals surface area contributed by atoms with Crippen LogP contribution in [-0.2, 0) is 4.79 Å². The van der Waals surface area contributed by atoms with Crippen molar-refractivity contribution in [1.29, 1.82) is 0 Å². The maximum absolute atomic E-state index is 13.3. The molecular formula is C18H18FN3OS2. The molecule has 2 heterocycles. The molecule has 3 rings (SSSR count). The molecule has 0 aliphatic heterocycles. The number of fused-ring (bicyclic) bond motifs is 1. The summed E-state index contributed by atoms with van der Waals surface area (Å²) in [4.78, 5) is 23.6. The van der Waals surface area contributed by atoms with Crippen molar-refractivity contribution in [2.75, 3.05) is 5.32 Å². The monoisotopic (exact) mass is 375 g/mol. The Labute approximate surface area is 153 Å². The zero-order valence-electron chi connectivity index (χ0n) is 14.4. The second-order valence-corrected chi connectivity index (χ2v) is 8.33. The number of thiophene rings is 1. The number of carbonyl (C=O) groups is 1. The molecule has 1 N–H and O–H groups in total. The Balaban J connectivity index is 1.84. The van der Waals surface area contributed by atoms with Gasteiger partial charge in [0.05, 0.1) is 5.25 Å². The summed E-state index contributed by atoms with van der Waals surface area (Å²) < 4.78 is 13.3. The van der Waals surface area contributed by atoms with Crippen molar-refractivity contribution in [3.8, 4) is 0 Å². The zero-order valence-corrected chi connectivity index (χ0v) is 16.0. The fraction of sp³-hybridized carbons (Fsp3) is 0.278. The third kappa shape index (κ3) is 3.82. The minimum Gasteiger partial charge on any atom is -0.325 e. The van der Waals surface area contributed by atoms with E-state index in [1.807, 2.05) is 13.8 Å². The molecule has 0 radical (unpaired) electrons. The third-order valence-corrected chi connectivity index (χ3v) is 6.04. The maximum Gasteiger partial charge on any atom is 0.237 e. The van der Waals surface area contributed by atoms with Crippen LogP contribution in [0.25, 0.3) is 10.2 Å². The molecule has 0 aliphatic carbocycles. The van der Waals surface area contributed by atoms with Crippen molar-refractivity contribution in [1.82, 2.24) is 9.97 Å². The number of aryl methyl sites for hydroxylation is 3. The van der Waals surface area contributed by atoms with Crippen LogP contribution in [0.1, 0.15) is 23.2 Å². The minimum absolute atomic E-state index is 0.190. The molecule has 130 valence electrons. The van der Waals surface area contributed by atoms with Crippen LogP contribution in [0.2, 0.25) is 0 Å². The summed E-state index contributed by atoms with van der Waals surface area (Å²) in [6.07, 6.45) is 0. The Bertz CT molecular complexity index is 955. The van der Waals surface area contributed by atoms with Crippen molar-refractivity contribution < 1.29 is 9.18 Å². The van der Waals surface area contributed by atoms with Crippen LogP contribution in [0, 0.1) is 26.6 Å². The Morgan fingerprint density at radius 2 is 2.04 bits per heavy atom. The molecule has 25 heavy (non-hydrogen) atoms. The van der Waals surface area contributed by atoms with Gasteiger partial charge in [0.25, 0.3) is 0 Å². The van der Waals surface area contributed by atoms with Crippen molar-refractivity contribution in [3.63, 3.8) is 0 Å². The fourth-order valence-electron chi connectivity index (χ4n) is 2.43. The lowest BCUT2D eigenvalue weighted by atomic mass is 10.2. The van der Waals surface area contributed by atoms with Gasteiger partial charge in [0.2, 0.25) is 5.91 Å². The Morgan fingerprint density at radius 3 is 2.76 bits per heavy atom. The van der Waals surface area contributed by atoms with E-state index in [-0.39, 0.29) is 17.0 Å². The lowest BCUT2D eigenvalue weighted by molar-refractivity contribution is -0.115. The van der Waals surface area contributed by atoms with Crippen molar-refractivity contribution >= 4 is 44.9 Å². The average molecular weight is 375 g/mol. The highest BCUT2D eigenvalue weighted by Crippen LogP contribution is 2.36. The third-order valence-electron chi connectivity index (χ3n) is 3.86. The summed E-state index contributed by atoms with van der Waals surface area (Å²) in [5, 5.41) is 4.20. The first-order chi connectivity index (χ1) is 11.8. The highest BCUT2D eigenvalue weighted by Gasteiger charge is 2.20. The van der Waals surface area contributed by atoms with Crippen molar-refractivity contribution in [3.05, 3.63) is 46.3 Å². The molecule has 2 aromatic heterocycles. The molecule has 7 heteroatoms. The van der Waals surface area contributed by atoms with Gasteiger partial charge in [-0.2, -0.15) is 0 Å². The second kappa shape index (κ2) is 7.09. The van der Waals surface area contributed by atoms with Crippen LogP contribution in [0.15, 0.2) is 29.3 Å². The van der Waals surface area contributed by atoms with E-state index in [1.54, 1.807) is 23.5 Å². The lowest BCUT2D eigenvalue weighted by Crippen LogP contribution is -2.22. The number of amides is 1. The van der Waals surface area contributed by atoms with Crippen LogP contribution in [0.4, 0.5) is 10.1 Å². The van der Waals surface area contributed by atoms with Crippen molar-refractivity contribution in [2.45, 2.75) is 38.0 Å². The van der Waals surface area contributed by atoms with E-state index in [1.165, 1.54) is 28.8 Å². The van der Waals surface area contributed by atoms with Crippen LogP contribution in [0.5, 0.6) is 0 Å². The molecule has 0 spiro atoms. The van der Waals surface area contributed by atoms with Gasteiger partial charge in [-0.3, -0.25) is 4.79 Å². The molecule has 0 bridgehead atoms. The highest BCUT2D eigenvalue weighted by atomic mass is 32.2. The minimum atomic E-state index is -0.379. The van der Waals surface area contributed by atoms with E-state index in [2.05, 4.69) is 29.1 Å².